The number of rotatable bonds is 4. The summed E-state index contributed by atoms with van der Waals surface area (Å²) in [4.78, 5) is 10.6. The topological polar surface area (TPSA) is 93.3 Å². The van der Waals surface area contributed by atoms with Gasteiger partial charge in [0.1, 0.15) is 16.2 Å². The Morgan fingerprint density at radius 3 is 3.10 bits per heavy atom. The third-order valence-electron chi connectivity index (χ3n) is 3.48. The van der Waals surface area contributed by atoms with Crippen molar-refractivity contribution in [1.82, 2.24) is 9.97 Å². The number of aryl methyl sites for hydroxylation is 1. The molecule has 1 saturated heterocycles. The first kappa shape index (κ1) is 13.5. The van der Waals surface area contributed by atoms with Gasteiger partial charge in [0.05, 0.1) is 12.0 Å². The summed E-state index contributed by atoms with van der Waals surface area (Å²) in [5.74, 6) is 0.933. The SMILES string of the molecule is CCc1cc2c(NCC3(O)CCOC3)nc(N)nc2s1. The Balaban J connectivity index is 1.88. The van der Waals surface area contributed by atoms with E-state index in [4.69, 9.17) is 10.5 Å². The van der Waals surface area contributed by atoms with Crippen LogP contribution in [0, 0.1) is 0 Å². The van der Waals surface area contributed by atoms with E-state index >= 15 is 0 Å². The minimum atomic E-state index is -0.824. The highest BCUT2D eigenvalue weighted by molar-refractivity contribution is 7.18. The van der Waals surface area contributed by atoms with Crippen LogP contribution >= 0.6 is 11.3 Å². The number of fused-ring (bicyclic) bond motifs is 1. The van der Waals surface area contributed by atoms with Crippen molar-refractivity contribution in [3.63, 3.8) is 0 Å². The summed E-state index contributed by atoms with van der Waals surface area (Å²) >= 11 is 1.62. The van der Waals surface area contributed by atoms with Crippen LogP contribution in [-0.2, 0) is 11.2 Å². The molecule has 1 fully saturated rings. The summed E-state index contributed by atoms with van der Waals surface area (Å²) in [5, 5.41) is 14.4. The first-order chi connectivity index (χ1) is 9.59. The Kier molecular flexibility index (Phi) is 3.49. The molecule has 0 spiro atoms. The predicted octanol–water partition coefficient (Wildman–Crippen LogP) is 1.40. The zero-order valence-electron chi connectivity index (χ0n) is 11.3. The molecule has 1 aliphatic heterocycles. The van der Waals surface area contributed by atoms with E-state index in [1.165, 1.54) is 4.88 Å². The number of nitrogens with two attached hydrogens (primary N) is 1. The smallest absolute Gasteiger partial charge is 0.223 e. The minimum absolute atomic E-state index is 0.249. The second kappa shape index (κ2) is 5.16. The van der Waals surface area contributed by atoms with Crippen LogP contribution in [0.3, 0.4) is 0 Å². The molecule has 0 aliphatic carbocycles. The highest BCUT2D eigenvalue weighted by Crippen LogP contribution is 2.30. The number of thiophene rings is 1. The maximum Gasteiger partial charge on any atom is 0.223 e. The molecule has 4 N–H and O–H groups in total. The molecule has 1 atom stereocenters. The number of anilines is 2. The molecule has 1 aliphatic rings. The van der Waals surface area contributed by atoms with E-state index in [-0.39, 0.29) is 5.95 Å². The number of ether oxygens (including phenoxy) is 1. The summed E-state index contributed by atoms with van der Waals surface area (Å²) in [7, 11) is 0. The summed E-state index contributed by atoms with van der Waals surface area (Å²) < 4.78 is 5.24. The Bertz CT molecular complexity index is 622. The third kappa shape index (κ3) is 2.56. The number of nitrogens with zero attached hydrogens (tertiary/aromatic N) is 2. The van der Waals surface area contributed by atoms with Gasteiger partial charge in [0.15, 0.2) is 0 Å². The third-order valence-corrected chi connectivity index (χ3v) is 4.65. The number of nitrogens with one attached hydrogen (secondary N) is 1. The van der Waals surface area contributed by atoms with Crippen molar-refractivity contribution in [2.75, 3.05) is 30.8 Å². The highest BCUT2D eigenvalue weighted by Gasteiger charge is 2.32. The Labute approximate surface area is 121 Å². The lowest BCUT2D eigenvalue weighted by Crippen LogP contribution is -2.37. The summed E-state index contributed by atoms with van der Waals surface area (Å²) in [6.45, 7) is 3.45. The van der Waals surface area contributed by atoms with Gasteiger partial charge >= 0.3 is 0 Å². The van der Waals surface area contributed by atoms with Gasteiger partial charge in [-0.25, -0.2) is 4.98 Å². The predicted molar refractivity (Wildman–Crippen MR) is 80.1 cm³/mol. The van der Waals surface area contributed by atoms with Gasteiger partial charge in [0, 0.05) is 24.4 Å². The lowest BCUT2D eigenvalue weighted by Gasteiger charge is -2.21. The molecule has 6 nitrogen and oxygen atoms in total. The van der Waals surface area contributed by atoms with Gasteiger partial charge in [-0.3, -0.25) is 0 Å². The van der Waals surface area contributed by atoms with E-state index < -0.39 is 5.60 Å². The monoisotopic (exact) mass is 294 g/mol. The molecule has 2 aromatic rings. The maximum atomic E-state index is 10.3. The van der Waals surface area contributed by atoms with Gasteiger partial charge in [-0.1, -0.05) is 6.92 Å². The van der Waals surface area contributed by atoms with E-state index in [0.29, 0.717) is 32.0 Å². The van der Waals surface area contributed by atoms with Crippen LogP contribution in [0.1, 0.15) is 18.2 Å². The normalized spacial score (nSPS) is 22.5. The molecule has 0 radical (unpaired) electrons. The van der Waals surface area contributed by atoms with Gasteiger partial charge in [0.2, 0.25) is 5.95 Å². The number of hydrogen-bond donors (Lipinski definition) is 3. The first-order valence-corrected chi connectivity index (χ1v) is 7.51. The van der Waals surface area contributed by atoms with Crippen molar-refractivity contribution in [3.05, 3.63) is 10.9 Å². The molecule has 1 unspecified atom stereocenters. The summed E-state index contributed by atoms with van der Waals surface area (Å²) in [6.07, 6.45) is 1.59. The lowest BCUT2D eigenvalue weighted by molar-refractivity contribution is 0.0381. The van der Waals surface area contributed by atoms with Crippen molar-refractivity contribution in [3.8, 4) is 0 Å². The van der Waals surface area contributed by atoms with Gasteiger partial charge < -0.3 is 20.9 Å². The Morgan fingerprint density at radius 1 is 1.55 bits per heavy atom. The van der Waals surface area contributed by atoms with E-state index in [1.54, 1.807) is 11.3 Å². The molecule has 3 heterocycles. The zero-order chi connectivity index (χ0) is 14.2. The number of nitrogen functional groups attached to an aromatic ring is 1. The number of hydrogen-bond acceptors (Lipinski definition) is 7. The maximum absolute atomic E-state index is 10.3. The lowest BCUT2D eigenvalue weighted by atomic mass is 10.0. The standard InChI is InChI=1S/C13H18N4O2S/c1-2-8-5-9-10(16-12(14)17-11(9)20-8)15-6-13(18)3-4-19-7-13/h5,18H,2-4,6-7H2,1H3,(H3,14,15,16,17). The van der Waals surface area contributed by atoms with Gasteiger partial charge in [-0.2, -0.15) is 4.98 Å². The second-order valence-electron chi connectivity index (χ2n) is 5.10. The fourth-order valence-corrected chi connectivity index (χ4v) is 3.26. The van der Waals surface area contributed by atoms with Crippen LogP contribution in [0.25, 0.3) is 10.2 Å². The molecule has 0 amide bonds. The molecule has 20 heavy (non-hydrogen) atoms. The van der Waals surface area contributed by atoms with Crippen LogP contribution in [0.15, 0.2) is 6.07 Å². The quantitative estimate of drug-likeness (QED) is 0.789. The molecule has 3 rings (SSSR count). The van der Waals surface area contributed by atoms with Crippen LogP contribution < -0.4 is 11.1 Å². The molecular weight excluding hydrogens is 276 g/mol. The van der Waals surface area contributed by atoms with Crippen LogP contribution in [0.2, 0.25) is 0 Å². The van der Waals surface area contributed by atoms with Crippen LogP contribution in [0.5, 0.6) is 0 Å². The molecular formula is C13H18N4O2S. The van der Waals surface area contributed by atoms with Crippen LogP contribution in [0.4, 0.5) is 11.8 Å². The fraction of sp³-hybridized carbons (Fsp3) is 0.538. The summed E-state index contributed by atoms with van der Waals surface area (Å²) in [5.41, 5.74) is 4.93. The van der Waals surface area contributed by atoms with Crippen molar-refractivity contribution in [1.29, 1.82) is 0 Å². The molecule has 0 bridgehead atoms. The number of aromatic nitrogens is 2. The highest BCUT2D eigenvalue weighted by atomic mass is 32.1. The van der Waals surface area contributed by atoms with Crippen molar-refractivity contribution < 1.29 is 9.84 Å². The van der Waals surface area contributed by atoms with E-state index in [0.717, 1.165) is 16.6 Å². The average molecular weight is 294 g/mol. The fourth-order valence-electron chi connectivity index (χ4n) is 2.28. The van der Waals surface area contributed by atoms with Crippen molar-refractivity contribution in [2.24, 2.45) is 0 Å². The average Bonchev–Trinajstić information content (AvgIpc) is 3.02. The first-order valence-electron chi connectivity index (χ1n) is 6.69. The van der Waals surface area contributed by atoms with Gasteiger partial charge in [-0.05, 0) is 12.5 Å². The summed E-state index contributed by atoms with van der Waals surface area (Å²) in [6, 6.07) is 2.08. The zero-order valence-corrected chi connectivity index (χ0v) is 12.2. The molecule has 0 saturated carbocycles. The minimum Gasteiger partial charge on any atom is -0.386 e. The Hall–Kier alpha value is -1.44. The van der Waals surface area contributed by atoms with Crippen molar-refractivity contribution >= 4 is 33.3 Å². The molecule has 2 aromatic heterocycles. The van der Waals surface area contributed by atoms with Gasteiger partial charge in [-0.15, -0.1) is 11.3 Å². The number of aliphatic hydroxyl groups is 1. The van der Waals surface area contributed by atoms with Gasteiger partial charge in [0.25, 0.3) is 0 Å². The molecule has 0 aromatic carbocycles. The van der Waals surface area contributed by atoms with E-state index in [2.05, 4.69) is 28.3 Å². The largest absolute Gasteiger partial charge is 0.386 e. The Morgan fingerprint density at radius 2 is 2.40 bits per heavy atom. The van der Waals surface area contributed by atoms with E-state index in [9.17, 15) is 5.11 Å². The van der Waals surface area contributed by atoms with Crippen molar-refractivity contribution in [2.45, 2.75) is 25.4 Å². The molecule has 108 valence electrons. The van der Waals surface area contributed by atoms with Crippen LogP contribution in [-0.4, -0.2) is 40.4 Å². The molecule has 7 heteroatoms. The van der Waals surface area contributed by atoms with E-state index in [1.807, 2.05) is 0 Å². The second-order valence-corrected chi connectivity index (χ2v) is 6.21.